The normalized spacial score (nSPS) is 9.81. The fourth-order valence-electron chi connectivity index (χ4n) is 1.55. The number of amides is 1. The second kappa shape index (κ2) is 5.12. The minimum Gasteiger partial charge on any atom is -0.496 e. The second-order valence-electron chi connectivity index (χ2n) is 3.34. The number of rotatable bonds is 3. The molecule has 1 aromatic rings. The average Bonchev–Trinajstić information content (AvgIpc) is 2.23. The third-order valence-corrected chi connectivity index (χ3v) is 2.57. The highest BCUT2D eigenvalue weighted by Crippen LogP contribution is 2.36. The summed E-state index contributed by atoms with van der Waals surface area (Å²) in [6, 6.07) is 1.72. The van der Waals surface area contributed by atoms with Crippen molar-refractivity contribution < 1.29 is 14.3 Å². The molecule has 0 unspecified atom stereocenters. The van der Waals surface area contributed by atoms with E-state index in [2.05, 4.69) is 17.9 Å². The molecule has 0 heterocycles. The number of ether oxygens (including phenoxy) is 2. The molecule has 0 radical (unpaired) electrons. The van der Waals surface area contributed by atoms with Crippen LogP contribution in [0.15, 0.2) is 6.07 Å². The van der Waals surface area contributed by atoms with Crippen molar-refractivity contribution in [1.82, 2.24) is 0 Å². The Kier molecular flexibility index (Phi) is 4.06. The Labute approximate surface area is 100 Å². The van der Waals surface area contributed by atoms with Gasteiger partial charge >= 0.3 is 0 Å². The van der Waals surface area contributed by atoms with E-state index >= 15 is 0 Å². The molecule has 0 saturated carbocycles. The zero-order valence-electron chi connectivity index (χ0n) is 9.75. The van der Waals surface area contributed by atoms with Crippen molar-refractivity contribution in [2.75, 3.05) is 19.5 Å². The number of carbonyl (C=O) groups excluding carboxylic acids is 1. The van der Waals surface area contributed by atoms with E-state index in [0.717, 1.165) is 11.1 Å². The van der Waals surface area contributed by atoms with Gasteiger partial charge in [0.1, 0.15) is 11.5 Å². The molecule has 16 heavy (non-hydrogen) atoms. The van der Waals surface area contributed by atoms with Crippen LogP contribution in [0.1, 0.15) is 11.1 Å². The van der Waals surface area contributed by atoms with Gasteiger partial charge < -0.3 is 14.8 Å². The van der Waals surface area contributed by atoms with E-state index in [1.54, 1.807) is 20.3 Å². The molecule has 0 aliphatic heterocycles. The van der Waals surface area contributed by atoms with Gasteiger partial charge in [-0.05, 0) is 25.0 Å². The van der Waals surface area contributed by atoms with Crippen LogP contribution in [0.25, 0.3) is 0 Å². The van der Waals surface area contributed by atoms with Crippen molar-refractivity contribution in [3.63, 3.8) is 0 Å². The van der Waals surface area contributed by atoms with Crippen LogP contribution in [0.5, 0.6) is 11.5 Å². The van der Waals surface area contributed by atoms with Crippen LogP contribution in [0, 0.1) is 13.8 Å². The smallest absolute Gasteiger partial charge is 0.280 e. The molecule has 1 N–H and O–H groups in total. The molecule has 0 saturated heterocycles. The molecule has 1 rings (SSSR count). The van der Waals surface area contributed by atoms with Gasteiger partial charge in [0.2, 0.25) is 0 Å². The summed E-state index contributed by atoms with van der Waals surface area (Å²) in [5.74, 6) is 1.33. The number of carbonyl (C=O) groups is 1. The lowest BCUT2D eigenvalue weighted by Crippen LogP contribution is -2.06. The van der Waals surface area contributed by atoms with Gasteiger partial charge in [-0.25, -0.2) is 0 Å². The molecule has 0 aromatic heterocycles. The fourth-order valence-corrected chi connectivity index (χ4v) is 1.67. The van der Waals surface area contributed by atoms with Crippen molar-refractivity contribution in [3.8, 4) is 11.5 Å². The maximum absolute atomic E-state index is 10.9. The Morgan fingerprint density at radius 2 is 1.88 bits per heavy atom. The van der Waals surface area contributed by atoms with E-state index in [-0.39, 0.29) is 0 Å². The van der Waals surface area contributed by atoms with E-state index in [9.17, 15) is 4.79 Å². The summed E-state index contributed by atoms with van der Waals surface area (Å²) in [6.45, 7) is 3.84. The summed E-state index contributed by atoms with van der Waals surface area (Å²) in [4.78, 5) is 10.9. The standard InChI is InChI=1S/C11H15NO3S/c1-6-7(2)10(15-4)8(12-11(13)16)5-9(6)14-3/h5H,1-4H3,(H2,12,13,16). The maximum Gasteiger partial charge on any atom is 0.280 e. The fraction of sp³-hybridized carbons (Fsp3) is 0.364. The predicted octanol–water partition coefficient (Wildman–Crippen LogP) is 2.78. The Morgan fingerprint density at radius 3 is 2.31 bits per heavy atom. The minimum atomic E-state index is -0.441. The molecular formula is C11H15NO3S. The van der Waals surface area contributed by atoms with Crippen LogP contribution in [0.3, 0.4) is 0 Å². The van der Waals surface area contributed by atoms with Crippen molar-refractivity contribution >= 4 is 23.6 Å². The van der Waals surface area contributed by atoms with Gasteiger partial charge in [0.25, 0.3) is 5.24 Å². The summed E-state index contributed by atoms with van der Waals surface area (Å²) in [5.41, 5.74) is 2.47. The summed E-state index contributed by atoms with van der Waals surface area (Å²) < 4.78 is 10.5. The Morgan fingerprint density at radius 1 is 1.25 bits per heavy atom. The van der Waals surface area contributed by atoms with Crippen LogP contribution < -0.4 is 14.8 Å². The van der Waals surface area contributed by atoms with Gasteiger partial charge in [-0.3, -0.25) is 4.79 Å². The number of nitrogens with one attached hydrogen (secondary N) is 1. The summed E-state index contributed by atoms with van der Waals surface area (Å²) in [7, 11) is 3.14. The number of anilines is 1. The Hall–Kier alpha value is -1.36. The third-order valence-electron chi connectivity index (χ3n) is 2.46. The van der Waals surface area contributed by atoms with Gasteiger partial charge in [0.15, 0.2) is 0 Å². The van der Waals surface area contributed by atoms with Crippen LogP contribution in [-0.2, 0) is 0 Å². The SMILES string of the molecule is COc1cc(NC(=O)S)c(OC)c(C)c1C. The lowest BCUT2D eigenvalue weighted by Gasteiger charge is -2.16. The lowest BCUT2D eigenvalue weighted by molar-refractivity contribution is 0.270. The molecular weight excluding hydrogens is 226 g/mol. The molecule has 88 valence electrons. The molecule has 0 aliphatic rings. The molecule has 0 fully saturated rings. The van der Waals surface area contributed by atoms with E-state index in [0.29, 0.717) is 17.2 Å². The summed E-state index contributed by atoms with van der Waals surface area (Å²) in [5, 5.41) is 2.15. The Balaban J connectivity index is 3.34. The van der Waals surface area contributed by atoms with Gasteiger partial charge in [-0.15, -0.1) is 0 Å². The maximum atomic E-state index is 10.9. The van der Waals surface area contributed by atoms with Crippen molar-refractivity contribution in [3.05, 3.63) is 17.2 Å². The van der Waals surface area contributed by atoms with Crippen LogP contribution in [-0.4, -0.2) is 19.5 Å². The number of methoxy groups -OCH3 is 2. The van der Waals surface area contributed by atoms with Gasteiger partial charge in [0.05, 0.1) is 19.9 Å². The second-order valence-corrected chi connectivity index (χ2v) is 3.75. The van der Waals surface area contributed by atoms with Crippen LogP contribution >= 0.6 is 12.6 Å². The van der Waals surface area contributed by atoms with Gasteiger partial charge in [-0.2, -0.15) is 0 Å². The lowest BCUT2D eigenvalue weighted by atomic mass is 10.1. The zero-order chi connectivity index (χ0) is 12.3. The number of thiol groups is 1. The molecule has 5 heteroatoms. The number of hydrogen-bond donors (Lipinski definition) is 2. The van der Waals surface area contributed by atoms with Crippen LogP contribution in [0.4, 0.5) is 10.5 Å². The Bertz CT molecular complexity index is 418. The molecule has 0 aliphatic carbocycles. The molecule has 1 aromatic carbocycles. The van der Waals surface area contributed by atoms with Crippen molar-refractivity contribution in [2.24, 2.45) is 0 Å². The topological polar surface area (TPSA) is 47.6 Å². The predicted molar refractivity (Wildman–Crippen MR) is 67.0 cm³/mol. The van der Waals surface area contributed by atoms with E-state index in [1.807, 2.05) is 13.8 Å². The third kappa shape index (κ3) is 2.41. The number of benzene rings is 1. The summed E-state index contributed by atoms with van der Waals surface area (Å²) >= 11 is 3.67. The average molecular weight is 241 g/mol. The summed E-state index contributed by atoms with van der Waals surface area (Å²) in [6.07, 6.45) is 0. The minimum absolute atomic E-state index is 0.441. The highest BCUT2D eigenvalue weighted by molar-refractivity contribution is 7.96. The van der Waals surface area contributed by atoms with Crippen molar-refractivity contribution in [1.29, 1.82) is 0 Å². The zero-order valence-corrected chi connectivity index (χ0v) is 10.6. The van der Waals surface area contributed by atoms with E-state index < -0.39 is 5.24 Å². The first-order chi connectivity index (χ1) is 7.51. The highest BCUT2D eigenvalue weighted by atomic mass is 32.1. The first kappa shape index (κ1) is 12.7. The number of hydrogen-bond acceptors (Lipinski definition) is 3. The first-order valence-corrected chi connectivity index (χ1v) is 5.18. The molecule has 4 nitrogen and oxygen atoms in total. The molecule has 0 atom stereocenters. The molecule has 0 spiro atoms. The monoisotopic (exact) mass is 241 g/mol. The van der Waals surface area contributed by atoms with Crippen LogP contribution in [0.2, 0.25) is 0 Å². The van der Waals surface area contributed by atoms with E-state index in [4.69, 9.17) is 9.47 Å². The highest BCUT2D eigenvalue weighted by Gasteiger charge is 2.14. The largest absolute Gasteiger partial charge is 0.496 e. The van der Waals surface area contributed by atoms with E-state index in [1.165, 1.54) is 0 Å². The van der Waals surface area contributed by atoms with Crippen molar-refractivity contribution in [2.45, 2.75) is 13.8 Å². The molecule has 1 amide bonds. The van der Waals surface area contributed by atoms with Gasteiger partial charge in [0, 0.05) is 6.07 Å². The quantitative estimate of drug-likeness (QED) is 0.800. The first-order valence-electron chi connectivity index (χ1n) is 4.73. The molecule has 0 bridgehead atoms. The van der Waals surface area contributed by atoms with Gasteiger partial charge in [-0.1, -0.05) is 12.6 Å².